The Hall–Kier alpha value is -1.26. The van der Waals surface area contributed by atoms with E-state index in [2.05, 4.69) is 17.1 Å². The van der Waals surface area contributed by atoms with Crippen molar-refractivity contribution in [2.45, 2.75) is 13.0 Å². The molecule has 17 heavy (non-hydrogen) atoms. The van der Waals surface area contributed by atoms with Gasteiger partial charge in [-0.05, 0) is 25.1 Å². The van der Waals surface area contributed by atoms with E-state index in [1.807, 2.05) is 6.07 Å². The molecule has 0 radical (unpaired) electrons. The quantitative estimate of drug-likeness (QED) is 0.834. The SMILES string of the molecule is C[C@@H]1CN(c2ccc(Cl)cc2C(N)=O)CCN1. The number of amides is 1. The van der Waals surface area contributed by atoms with Crippen LogP contribution in [0.1, 0.15) is 17.3 Å². The standard InChI is InChI=1S/C12H16ClN3O/c1-8-7-16(5-4-15-8)11-3-2-9(13)6-10(11)12(14)17/h2-3,6,8,15H,4-5,7H2,1H3,(H2,14,17)/t8-/m1/s1. The minimum absolute atomic E-state index is 0.403. The van der Waals surface area contributed by atoms with Crippen molar-refractivity contribution in [3.63, 3.8) is 0 Å². The number of nitrogens with two attached hydrogens (primary N) is 1. The fourth-order valence-corrected chi connectivity index (χ4v) is 2.30. The molecule has 0 spiro atoms. The summed E-state index contributed by atoms with van der Waals surface area (Å²) in [6.07, 6.45) is 0. The molecule has 1 saturated heterocycles. The lowest BCUT2D eigenvalue weighted by molar-refractivity contribution is 0.100. The third-order valence-corrected chi connectivity index (χ3v) is 3.17. The second kappa shape index (κ2) is 4.94. The second-order valence-electron chi connectivity index (χ2n) is 4.33. The number of benzene rings is 1. The lowest BCUT2D eigenvalue weighted by Gasteiger charge is -2.34. The van der Waals surface area contributed by atoms with Crippen molar-refractivity contribution in [3.05, 3.63) is 28.8 Å². The van der Waals surface area contributed by atoms with E-state index in [9.17, 15) is 4.79 Å². The van der Waals surface area contributed by atoms with Crippen LogP contribution in [0.2, 0.25) is 5.02 Å². The van der Waals surface area contributed by atoms with E-state index in [1.54, 1.807) is 12.1 Å². The first-order valence-electron chi connectivity index (χ1n) is 5.65. The molecule has 0 saturated carbocycles. The van der Waals surface area contributed by atoms with Crippen LogP contribution in [0.5, 0.6) is 0 Å². The van der Waals surface area contributed by atoms with Gasteiger partial charge in [0.05, 0.1) is 5.56 Å². The third kappa shape index (κ3) is 2.70. The maximum Gasteiger partial charge on any atom is 0.250 e. The first-order chi connectivity index (χ1) is 8.08. The van der Waals surface area contributed by atoms with Crippen molar-refractivity contribution in [2.24, 2.45) is 5.73 Å². The summed E-state index contributed by atoms with van der Waals surface area (Å²) in [5.41, 5.74) is 6.75. The Bertz CT molecular complexity index is 436. The molecule has 1 aromatic rings. The number of halogens is 1. The summed E-state index contributed by atoms with van der Waals surface area (Å²) >= 11 is 5.89. The number of nitrogens with one attached hydrogen (secondary N) is 1. The number of nitrogens with zero attached hydrogens (tertiary/aromatic N) is 1. The highest BCUT2D eigenvalue weighted by Gasteiger charge is 2.20. The van der Waals surface area contributed by atoms with Gasteiger partial charge in [0.25, 0.3) is 5.91 Å². The van der Waals surface area contributed by atoms with Crippen LogP contribution in [0.15, 0.2) is 18.2 Å². The summed E-state index contributed by atoms with van der Waals surface area (Å²) in [5, 5.41) is 3.89. The molecule has 3 N–H and O–H groups in total. The first-order valence-corrected chi connectivity index (χ1v) is 6.03. The van der Waals surface area contributed by atoms with E-state index in [0.29, 0.717) is 16.6 Å². The van der Waals surface area contributed by atoms with Crippen LogP contribution >= 0.6 is 11.6 Å². The zero-order chi connectivity index (χ0) is 12.4. The van der Waals surface area contributed by atoms with E-state index in [4.69, 9.17) is 17.3 Å². The molecule has 1 atom stereocenters. The van der Waals surface area contributed by atoms with E-state index in [0.717, 1.165) is 25.3 Å². The van der Waals surface area contributed by atoms with E-state index >= 15 is 0 Å². The Morgan fingerprint density at radius 1 is 1.59 bits per heavy atom. The summed E-state index contributed by atoms with van der Waals surface area (Å²) in [7, 11) is 0. The van der Waals surface area contributed by atoms with Crippen LogP contribution in [0.4, 0.5) is 5.69 Å². The van der Waals surface area contributed by atoms with Gasteiger partial charge >= 0.3 is 0 Å². The highest BCUT2D eigenvalue weighted by molar-refractivity contribution is 6.31. The van der Waals surface area contributed by atoms with Gasteiger partial charge < -0.3 is 16.0 Å². The number of carbonyl (C=O) groups is 1. The Morgan fingerprint density at radius 2 is 2.35 bits per heavy atom. The zero-order valence-electron chi connectivity index (χ0n) is 9.74. The van der Waals surface area contributed by atoms with Crippen LogP contribution in [0.25, 0.3) is 0 Å². The van der Waals surface area contributed by atoms with E-state index in [1.165, 1.54) is 0 Å². The smallest absolute Gasteiger partial charge is 0.250 e. The molecule has 0 unspecified atom stereocenters. The van der Waals surface area contributed by atoms with Crippen LogP contribution in [0, 0.1) is 0 Å². The number of primary amides is 1. The van der Waals surface area contributed by atoms with Gasteiger partial charge in [-0.15, -0.1) is 0 Å². The van der Waals surface area contributed by atoms with Gasteiger partial charge in [-0.25, -0.2) is 0 Å². The van der Waals surface area contributed by atoms with Crippen molar-refractivity contribution in [1.29, 1.82) is 0 Å². The number of rotatable bonds is 2. The highest BCUT2D eigenvalue weighted by Crippen LogP contribution is 2.25. The molecular weight excluding hydrogens is 238 g/mol. The molecule has 1 amide bonds. The van der Waals surface area contributed by atoms with Crippen molar-refractivity contribution >= 4 is 23.2 Å². The second-order valence-corrected chi connectivity index (χ2v) is 4.76. The molecule has 1 aliphatic heterocycles. The van der Waals surface area contributed by atoms with Gasteiger partial charge in [0.1, 0.15) is 0 Å². The summed E-state index contributed by atoms with van der Waals surface area (Å²) < 4.78 is 0. The Morgan fingerprint density at radius 3 is 3.00 bits per heavy atom. The number of piperazine rings is 1. The van der Waals surface area contributed by atoms with Crippen LogP contribution in [0.3, 0.4) is 0 Å². The fourth-order valence-electron chi connectivity index (χ4n) is 2.13. The van der Waals surface area contributed by atoms with Gasteiger partial charge in [-0.1, -0.05) is 11.6 Å². The van der Waals surface area contributed by atoms with Crippen molar-refractivity contribution < 1.29 is 4.79 Å². The normalized spacial score (nSPS) is 20.4. The fraction of sp³-hybridized carbons (Fsp3) is 0.417. The summed E-state index contributed by atoms with van der Waals surface area (Å²) in [6, 6.07) is 5.68. The number of anilines is 1. The van der Waals surface area contributed by atoms with Gasteiger partial charge in [0, 0.05) is 36.4 Å². The number of carbonyl (C=O) groups excluding carboxylic acids is 1. The maximum atomic E-state index is 11.4. The molecule has 92 valence electrons. The monoisotopic (exact) mass is 253 g/mol. The molecular formula is C12H16ClN3O. The topological polar surface area (TPSA) is 58.4 Å². The van der Waals surface area contributed by atoms with Gasteiger partial charge in [0.2, 0.25) is 0 Å². The highest BCUT2D eigenvalue weighted by atomic mass is 35.5. The Balaban J connectivity index is 2.33. The third-order valence-electron chi connectivity index (χ3n) is 2.93. The minimum atomic E-state index is -0.436. The maximum absolute atomic E-state index is 11.4. The van der Waals surface area contributed by atoms with Gasteiger partial charge in [-0.3, -0.25) is 4.79 Å². The summed E-state index contributed by atoms with van der Waals surface area (Å²) in [4.78, 5) is 13.6. The molecule has 1 aliphatic rings. The molecule has 5 heteroatoms. The van der Waals surface area contributed by atoms with E-state index < -0.39 is 5.91 Å². The van der Waals surface area contributed by atoms with Gasteiger partial charge in [-0.2, -0.15) is 0 Å². The van der Waals surface area contributed by atoms with Crippen LogP contribution in [-0.4, -0.2) is 31.6 Å². The largest absolute Gasteiger partial charge is 0.368 e. The Labute approximate surface area is 106 Å². The lowest BCUT2D eigenvalue weighted by Crippen LogP contribution is -2.49. The molecule has 2 rings (SSSR count). The predicted molar refractivity (Wildman–Crippen MR) is 69.6 cm³/mol. The molecule has 4 nitrogen and oxygen atoms in total. The first kappa shape index (κ1) is 12.2. The predicted octanol–water partition coefficient (Wildman–Crippen LogP) is 1.24. The van der Waals surface area contributed by atoms with E-state index in [-0.39, 0.29) is 0 Å². The number of hydrogen-bond acceptors (Lipinski definition) is 3. The minimum Gasteiger partial charge on any atom is -0.368 e. The number of hydrogen-bond donors (Lipinski definition) is 2. The molecule has 0 aliphatic carbocycles. The summed E-state index contributed by atoms with van der Waals surface area (Å²) in [6.45, 7) is 4.75. The molecule has 0 aromatic heterocycles. The zero-order valence-corrected chi connectivity index (χ0v) is 10.5. The Kier molecular flexibility index (Phi) is 3.54. The van der Waals surface area contributed by atoms with Crippen molar-refractivity contribution in [3.8, 4) is 0 Å². The average molecular weight is 254 g/mol. The molecule has 0 bridgehead atoms. The molecule has 1 heterocycles. The summed E-state index contributed by atoms with van der Waals surface area (Å²) in [5.74, 6) is -0.436. The lowest BCUT2D eigenvalue weighted by atomic mass is 10.1. The molecule has 1 fully saturated rings. The van der Waals surface area contributed by atoms with Crippen molar-refractivity contribution in [1.82, 2.24) is 5.32 Å². The average Bonchev–Trinajstić information content (AvgIpc) is 2.28. The van der Waals surface area contributed by atoms with Gasteiger partial charge in [0.15, 0.2) is 0 Å². The van der Waals surface area contributed by atoms with Crippen LogP contribution < -0.4 is 16.0 Å². The molecule has 1 aromatic carbocycles. The van der Waals surface area contributed by atoms with Crippen molar-refractivity contribution in [2.75, 3.05) is 24.5 Å². The van der Waals surface area contributed by atoms with Crippen LogP contribution in [-0.2, 0) is 0 Å².